The maximum Gasteiger partial charge on any atom is 0.0205 e. The number of nitrogens with one attached hydrogen (secondary N) is 1. The zero-order chi connectivity index (χ0) is 12.7. The molecular formula is C15H26N2. The van der Waals surface area contributed by atoms with Gasteiger partial charge in [-0.2, -0.15) is 0 Å². The van der Waals surface area contributed by atoms with Crippen LogP contribution in [-0.2, 0) is 6.54 Å². The van der Waals surface area contributed by atoms with Crippen LogP contribution >= 0.6 is 0 Å². The summed E-state index contributed by atoms with van der Waals surface area (Å²) in [6.45, 7) is 7.68. The molecule has 1 rings (SSSR count). The third kappa shape index (κ3) is 5.85. The van der Waals surface area contributed by atoms with Gasteiger partial charge in [-0.25, -0.2) is 0 Å². The van der Waals surface area contributed by atoms with Gasteiger partial charge in [-0.15, -0.1) is 0 Å². The SMILES string of the molecule is CC(C)c1ccc(CNCCCN(C)C)cc1. The van der Waals surface area contributed by atoms with Gasteiger partial charge in [0.2, 0.25) is 0 Å². The van der Waals surface area contributed by atoms with Crippen LogP contribution in [0.5, 0.6) is 0 Å². The lowest BCUT2D eigenvalue weighted by Crippen LogP contribution is -2.20. The summed E-state index contributed by atoms with van der Waals surface area (Å²) >= 11 is 0. The quantitative estimate of drug-likeness (QED) is 0.730. The second-order valence-corrected chi connectivity index (χ2v) is 5.23. The maximum absolute atomic E-state index is 3.48. The van der Waals surface area contributed by atoms with E-state index in [1.165, 1.54) is 17.5 Å². The number of hydrogen-bond acceptors (Lipinski definition) is 2. The highest BCUT2D eigenvalue weighted by Gasteiger charge is 1.98. The van der Waals surface area contributed by atoms with Gasteiger partial charge in [-0.1, -0.05) is 38.1 Å². The Morgan fingerprint density at radius 3 is 2.29 bits per heavy atom. The Morgan fingerprint density at radius 1 is 1.12 bits per heavy atom. The molecular weight excluding hydrogens is 208 g/mol. The number of hydrogen-bond donors (Lipinski definition) is 1. The first kappa shape index (κ1) is 14.2. The minimum atomic E-state index is 0.622. The summed E-state index contributed by atoms with van der Waals surface area (Å²) in [6, 6.07) is 8.94. The third-order valence-corrected chi connectivity index (χ3v) is 2.93. The van der Waals surface area contributed by atoms with Crippen LogP contribution in [0.25, 0.3) is 0 Å². The fourth-order valence-corrected chi connectivity index (χ4v) is 1.77. The van der Waals surface area contributed by atoms with Crippen LogP contribution < -0.4 is 5.32 Å². The average Bonchev–Trinajstić information content (AvgIpc) is 2.29. The topological polar surface area (TPSA) is 15.3 Å². The highest BCUT2D eigenvalue weighted by molar-refractivity contribution is 5.24. The maximum atomic E-state index is 3.48. The van der Waals surface area contributed by atoms with Gasteiger partial charge in [-0.3, -0.25) is 0 Å². The lowest BCUT2D eigenvalue weighted by molar-refractivity contribution is 0.394. The Bertz CT molecular complexity index is 301. The van der Waals surface area contributed by atoms with E-state index in [1.807, 2.05) is 0 Å². The molecule has 17 heavy (non-hydrogen) atoms. The molecule has 0 atom stereocenters. The molecule has 0 aromatic heterocycles. The predicted molar refractivity (Wildman–Crippen MR) is 75.4 cm³/mol. The Balaban J connectivity index is 2.23. The summed E-state index contributed by atoms with van der Waals surface area (Å²) in [7, 11) is 4.23. The van der Waals surface area contributed by atoms with Crippen molar-refractivity contribution in [2.45, 2.75) is 32.7 Å². The van der Waals surface area contributed by atoms with Gasteiger partial charge >= 0.3 is 0 Å². The van der Waals surface area contributed by atoms with Crippen LogP contribution in [0.2, 0.25) is 0 Å². The molecule has 1 N–H and O–H groups in total. The van der Waals surface area contributed by atoms with E-state index in [0.717, 1.165) is 19.6 Å². The molecule has 2 heteroatoms. The molecule has 0 saturated heterocycles. The molecule has 0 fully saturated rings. The van der Waals surface area contributed by atoms with Crippen LogP contribution in [-0.4, -0.2) is 32.1 Å². The van der Waals surface area contributed by atoms with Gasteiger partial charge < -0.3 is 10.2 Å². The fourth-order valence-electron chi connectivity index (χ4n) is 1.77. The van der Waals surface area contributed by atoms with Crippen molar-refractivity contribution in [2.75, 3.05) is 27.2 Å². The Labute approximate surface area is 106 Å². The number of nitrogens with zero attached hydrogens (tertiary/aromatic N) is 1. The fraction of sp³-hybridized carbons (Fsp3) is 0.600. The molecule has 2 nitrogen and oxygen atoms in total. The molecule has 0 aliphatic carbocycles. The van der Waals surface area contributed by atoms with Crippen molar-refractivity contribution in [1.29, 1.82) is 0 Å². The van der Waals surface area contributed by atoms with E-state index in [-0.39, 0.29) is 0 Å². The molecule has 0 saturated carbocycles. The van der Waals surface area contributed by atoms with Crippen molar-refractivity contribution in [3.63, 3.8) is 0 Å². The average molecular weight is 234 g/mol. The lowest BCUT2D eigenvalue weighted by Gasteiger charge is -2.10. The molecule has 0 radical (unpaired) electrons. The molecule has 0 bridgehead atoms. The molecule has 0 amide bonds. The number of benzene rings is 1. The second-order valence-electron chi connectivity index (χ2n) is 5.23. The van der Waals surface area contributed by atoms with Gasteiger partial charge in [0.05, 0.1) is 0 Å². The summed E-state index contributed by atoms with van der Waals surface area (Å²) in [5.41, 5.74) is 2.79. The Morgan fingerprint density at radius 2 is 1.76 bits per heavy atom. The first-order valence-electron chi connectivity index (χ1n) is 6.54. The van der Waals surface area contributed by atoms with Crippen LogP contribution in [0.15, 0.2) is 24.3 Å². The van der Waals surface area contributed by atoms with Crippen molar-refractivity contribution in [1.82, 2.24) is 10.2 Å². The van der Waals surface area contributed by atoms with Gasteiger partial charge in [0, 0.05) is 6.54 Å². The Hall–Kier alpha value is -0.860. The van der Waals surface area contributed by atoms with Crippen molar-refractivity contribution in [3.8, 4) is 0 Å². The first-order chi connectivity index (χ1) is 8.09. The molecule has 0 aliphatic rings. The van der Waals surface area contributed by atoms with E-state index in [0.29, 0.717) is 5.92 Å². The van der Waals surface area contributed by atoms with Crippen LogP contribution in [0, 0.1) is 0 Å². The summed E-state index contributed by atoms with van der Waals surface area (Å²) < 4.78 is 0. The van der Waals surface area contributed by atoms with E-state index >= 15 is 0 Å². The Kier molecular flexibility index (Phi) is 6.23. The van der Waals surface area contributed by atoms with E-state index < -0.39 is 0 Å². The first-order valence-corrected chi connectivity index (χ1v) is 6.54. The molecule has 1 aromatic rings. The van der Waals surface area contributed by atoms with Crippen molar-refractivity contribution in [3.05, 3.63) is 35.4 Å². The van der Waals surface area contributed by atoms with E-state index in [1.54, 1.807) is 0 Å². The normalized spacial score (nSPS) is 11.4. The van der Waals surface area contributed by atoms with Crippen LogP contribution in [0.4, 0.5) is 0 Å². The summed E-state index contributed by atoms with van der Waals surface area (Å²) in [6.07, 6.45) is 1.21. The molecule has 0 spiro atoms. The van der Waals surface area contributed by atoms with E-state index in [9.17, 15) is 0 Å². The van der Waals surface area contributed by atoms with Crippen molar-refractivity contribution < 1.29 is 0 Å². The second kappa shape index (κ2) is 7.46. The summed E-state index contributed by atoms with van der Waals surface area (Å²) in [5, 5.41) is 3.48. The van der Waals surface area contributed by atoms with Gasteiger partial charge in [-0.05, 0) is 50.7 Å². The molecule has 96 valence electrons. The predicted octanol–water partition coefficient (Wildman–Crippen LogP) is 2.85. The van der Waals surface area contributed by atoms with Gasteiger partial charge in [0.25, 0.3) is 0 Å². The van der Waals surface area contributed by atoms with E-state index in [4.69, 9.17) is 0 Å². The summed E-state index contributed by atoms with van der Waals surface area (Å²) in [4.78, 5) is 2.22. The third-order valence-electron chi connectivity index (χ3n) is 2.93. The minimum Gasteiger partial charge on any atom is -0.313 e. The van der Waals surface area contributed by atoms with Crippen molar-refractivity contribution >= 4 is 0 Å². The smallest absolute Gasteiger partial charge is 0.0205 e. The minimum absolute atomic E-state index is 0.622. The highest BCUT2D eigenvalue weighted by atomic mass is 15.0. The van der Waals surface area contributed by atoms with Crippen molar-refractivity contribution in [2.24, 2.45) is 0 Å². The molecule has 0 aliphatic heterocycles. The molecule has 0 heterocycles. The lowest BCUT2D eigenvalue weighted by atomic mass is 10.0. The zero-order valence-corrected chi connectivity index (χ0v) is 11.7. The number of rotatable bonds is 7. The van der Waals surface area contributed by atoms with E-state index in [2.05, 4.69) is 62.4 Å². The van der Waals surface area contributed by atoms with Crippen LogP contribution in [0.1, 0.15) is 37.3 Å². The molecule has 0 unspecified atom stereocenters. The molecule has 1 aromatic carbocycles. The monoisotopic (exact) mass is 234 g/mol. The zero-order valence-electron chi connectivity index (χ0n) is 11.7. The van der Waals surface area contributed by atoms with Crippen LogP contribution in [0.3, 0.4) is 0 Å². The van der Waals surface area contributed by atoms with Gasteiger partial charge in [0.1, 0.15) is 0 Å². The standard InChI is InChI=1S/C15H26N2/c1-13(2)15-8-6-14(7-9-15)12-16-10-5-11-17(3)4/h6-9,13,16H,5,10-12H2,1-4H3. The highest BCUT2D eigenvalue weighted by Crippen LogP contribution is 2.14. The largest absolute Gasteiger partial charge is 0.313 e. The van der Waals surface area contributed by atoms with Gasteiger partial charge in [0.15, 0.2) is 0 Å². The summed E-state index contributed by atoms with van der Waals surface area (Å²) in [5.74, 6) is 0.622.